The fourth-order valence-corrected chi connectivity index (χ4v) is 0.981. The minimum absolute atomic E-state index is 0.174. The highest BCUT2D eigenvalue weighted by molar-refractivity contribution is 5.90. The zero-order valence-electron chi connectivity index (χ0n) is 7.90. The number of hydrogen-bond donors (Lipinski definition) is 3. The third kappa shape index (κ3) is 4.08. The van der Waals surface area contributed by atoms with Crippen LogP contribution in [-0.4, -0.2) is 12.0 Å². The quantitative estimate of drug-likeness (QED) is 0.484. The average Bonchev–Trinajstić information content (AvgIpc) is 2.14. The zero-order chi connectivity index (χ0) is 11.3. The average molecular weight is 210 g/mol. The van der Waals surface area contributed by atoms with Crippen LogP contribution in [0.25, 0.3) is 0 Å². The van der Waals surface area contributed by atoms with Crippen LogP contribution in [0, 0.1) is 5.82 Å². The van der Waals surface area contributed by atoms with Gasteiger partial charge in [-0.15, -0.1) is 0 Å². The predicted molar refractivity (Wildman–Crippen MR) is 54.4 cm³/mol. The maximum Gasteiger partial charge on any atom is 0.344 e. The van der Waals surface area contributed by atoms with E-state index in [1.165, 1.54) is 12.1 Å². The Morgan fingerprint density at radius 1 is 1.47 bits per heavy atom. The van der Waals surface area contributed by atoms with E-state index in [0.717, 1.165) is 0 Å². The second-order valence-corrected chi connectivity index (χ2v) is 2.83. The molecule has 0 saturated carbocycles. The topological polar surface area (TPSA) is 93.5 Å². The van der Waals surface area contributed by atoms with Crippen LogP contribution in [0.1, 0.15) is 5.56 Å². The molecule has 0 aliphatic heterocycles. The van der Waals surface area contributed by atoms with Crippen molar-refractivity contribution in [2.24, 2.45) is 16.5 Å². The lowest BCUT2D eigenvalue weighted by Gasteiger charge is -2.01. The molecule has 0 fully saturated rings. The van der Waals surface area contributed by atoms with Crippen molar-refractivity contribution in [2.45, 2.75) is 6.54 Å². The number of amides is 2. The van der Waals surface area contributed by atoms with Crippen LogP contribution < -0.4 is 16.8 Å². The van der Waals surface area contributed by atoms with E-state index in [1.807, 2.05) is 0 Å². The van der Waals surface area contributed by atoms with Crippen molar-refractivity contribution in [3.63, 3.8) is 0 Å². The Labute approximate surface area is 86.0 Å². The molecule has 0 aliphatic carbocycles. The van der Waals surface area contributed by atoms with E-state index in [0.29, 0.717) is 5.56 Å². The van der Waals surface area contributed by atoms with Crippen LogP contribution in [0.3, 0.4) is 0 Å². The molecule has 15 heavy (non-hydrogen) atoms. The summed E-state index contributed by atoms with van der Waals surface area (Å²) in [5.41, 5.74) is 10.6. The van der Waals surface area contributed by atoms with Crippen LogP contribution in [0.4, 0.5) is 9.18 Å². The summed E-state index contributed by atoms with van der Waals surface area (Å²) in [6.45, 7) is 0.174. The second-order valence-electron chi connectivity index (χ2n) is 2.83. The van der Waals surface area contributed by atoms with E-state index in [9.17, 15) is 9.18 Å². The Kier molecular flexibility index (Phi) is 3.61. The zero-order valence-corrected chi connectivity index (χ0v) is 7.90. The summed E-state index contributed by atoms with van der Waals surface area (Å²) in [5, 5.41) is 2.40. The summed E-state index contributed by atoms with van der Waals surface area (Å²) in [4.78, 5) is 14.2. The molecule has 6 heteroatoms. The molecule has 0 atom stereocenters. The molecule has 2 amide bonds. The molecule has 0 aromatic heterocycles. The van der Waals surface area contributed by atoms with Gasteiger partial charge in [-0.2, -0.15) is 4.99 Å². The first-order chi connectivity index (χ1) is 7.08. The molecule has 1 aromatic carbocycles. The van der Waals surface area contributed by atoms with Crippen LogP contribution in [0.5, 0.6) is 0 Å². The standard InChI is InChI=1S/C9H11FN4O/c10-7-3-1-2-6(4-7)5-13-9(15)14-8(11)12/h1-4H,5H2,(H5,11,12,13,14,15). The number of nitrogens with one attached hydrogen (secondary N) is 1. The predicted octanol–water partition coefficient (Wildman–Crippen LogP) is 0.309. The van der Waals surface area contributed by atoms with Gasteiger partial charge in [0.05, 0.1) is 0 Å². The Hall–Kier alpha value is -2.11. The van der Waals surface area contributed by atoms with Gasteiger partial charge in [0, 0.05) is 6.54 Å². The summed E-state index contributed by atoms with van der Waals surface area (Å²) in [6, 6.07) is 5.21. The fourth-order valence-electron chi connectivity index (χ4n) is 0.981. The van der Waals surface area contributed by atoms with Gasteiger partial charge in [-0.05, 0) is 17.7 Å². The molecule has 5 N–H and O–H groups in total. The third-order valence-corrected chi connectivity index (χ3v) is 1.56. The highest BCUT2D eigenvalue weighted by atomic mass is 19.1. The minimum atomic E-state index is -0.653. The highest BCUT2D eigenvalue weighted by Crippen LogP contribution is 2.02. The maximum absolute atomic E-state index is 12.7. The maximum atomic E-state index is 12.7. The second kappa shape index (κ2) is 4.94. The molecule has 0 radical (unpaired) electrons. The van der Waals surface area contributed by atoms with E-state index in [1.54, 1.807) is 12.1 Å². The van der Waals surface area contributed by atoms with Crippen LogP contribution in [0.15, 0.2) is 29.3 Å². The summed E-state index contributed by atoms with van der Waals surface area (Å²) in [5.74, 6) is -0.671. The first-order valence-corrected chi connectivity index (χ1v) is 4.20. The summed E-state index contributed by atoms with van der Waals surface area (Å²) in [6.07, 6.45) is 0. The number of carbonyl (C=O) groups is 1. The van der Waals surface area contributed by atoms with Crippen molar-refractivity contribution in [2.75, 3.05) is 0 Å². The Balaban J connectivity index is 2.51. The van der Waals surface area contributed by atoms with Crippen molar-refractivity contribution in [3.8, 4) is 0 Å². The van der Waals surface area contributed by atoms with Crippen molar-refractivity contribution in [1.29, 1.82) is 0 Å². The van der Waals surface area contributed by atoms with Crippen LogP contribution in [-0.2, 0) is 6.54 Å². The van der Waals surface area contributed by atoms with Gasteiger partial charge in [0.25, 0.3) is 0 Å². The number of nitrogens with zero attached hydrogens (tertiary/aromatic N) is 1. The number of carbonyl (C=O) groups excluding carboxylic acids is 1. The van der Waals surface area contributed by atoms with Gasteiger partial charge in [0.1, 0.15) is 5.82 Å². The third-order valence-electron chi connectivity index (χ3n) is 1.56. The lowest BCUT2D eigenvalue weighted by atomic mass is 10.2. The molecule has 0 aliphatic rings. The number of guanidine groups is 1. The number of aliphatic imine (C=N–C) groups is 1. The molecular weight excluding hydrogens is 199 g/mol. The molecule has 0 bridgehead atoms. The van der Waals surface area contributed by atoms with Gasteiger partial charge in [-0.1, -0.05) is 12.1 Å². The van der Waals surface area contributed by atoms with E-state index < -0.39 is 6.03 Å². The number of rotatable bonds is 2. The molecule has 5 nitrogen and oxygen atoms in total. The summed E-state index contributed by atoms with van der Waals surface area (Å²) < 4.78 is 12.7. The van der Waals surface area contributed by atoms with Crippen molar-refractivity contribution in [1.82, 2.24) is 5.32 Å². The molecule has 0 spiro atoms. The first kappa shape index (κ1) is 11.0. The smallest absolute Gasteiger partial charge is 0.344 e. The van der Waals surface area contributed by atoms with Gasteiger partial charge < -0.3 is 16.8 Å². The highest BCUT2D eigenvalue weighted by Gasteiger charge is 1.99. The van der Waals surface area contributed by atoms with Gasteiger partial charge in [-0.25, -0.2) is 9.18 Å². The van der Waals surface area contributed by atoms with Gasteiger partial charge >= 0.3 is 6.03 Å². The Bertz CT molecular complexity index is 387. The Morgan fingerprint density at radius 3 is 2.80 bits per heavy atom. The number of urea groups is 1. The molecule has 80 valence electrons. The van der Waals surface area contributed by atoms with E-state index in [-0.39, 0.29) is 18.3 Å². The molecule has 0 unspecified atom stereocenters. The van der Waals surface area contributed by atoms with Crippen molar-refractivity contribution < 1.29 is 9.18 Å². The monoisotopic (exact) mass is 210 g/mol. The minimum Gasteiger partial charge on any atom is -0.370 e. The van der Waals surface area contributed by atoms with Crippen molar-refractivity contribution in [3.05, 3.63) is 35.6 Å². The van der Waals surface area contributed by atoms with Gasteiger partial charge in [0.15, 0.2) is 5.96 Å². The van der Waals surface area contributed by atoms with E-state index in [4.69, 9.17) is 11.5 Å². The molecule has 1 rings (SSSR count). The molecule has 0 heterocycles. The number of benzene rings is 1. The van der Waals surface area contributed by atoms with E-state index >= 15 is 0 Å². The molecular formula is C9H11FN4O. The number of halogens is 1. The first-order valence-electron chi connectivity index (χ1n) is 4.20. The Morgan fingerprint density at radius 2 is 2.20 bits per heavy atom. The van der Waals surface area contributed by atoms with Gasteiger partial charge in [-0.3, -0.25) is 0 Å². The normalized spacial score (nSPS) is 9.40. The molecule has 1 aromatic rings. The largest absolute Gasteiger partial charge is 0.370 e. The summed E-state index contributed by atoms with van der Waals surface area (Å²) >= 11 is 0. The van der Waals surface area contributed by atoms with E-state index in [2.05, 4.69) is 10.3 Å². The van der Waals surface area contributed by atoms with Crippen LogP contribution >= 0.6 is 0 Å². The van der Waals surface area contributed by atoms with Gasteiger partial charge in [0.2, 0.25) is 0 Å². The number of nitrogens with two attached hydrogens (primary N) is 2. The fraction of sp³-hybridized carbons (Fsp3) is 0.111. The number of hydrogen-bond acceptors (Lipinski definition) is 1. The SMILES string of the molecule is NC(N)=NC(=O)NCc1cccc(F)c1. The lowest BCUT2D eigenvalue weighted by Crippen LogP contribution is -2.28. The summed E-state index contributed by atoms with van der Waals surface area (Å²) in [7, 11) is 0. The lowest BCUT2D eigenvalue weighted by molar-refractivity contribution is 0.249. The van der Waals surface area contributed by atoms with Crippen LogP contribution in [0.2, 0.25) is 0 Å². The molecule has 0 saturated heterocycles. The van der Waals surface area contributed by atoms with Crippen molar-refractivity contribution >= 4 is 12.0 Å².